The van der Waals surface area contributed by atoms with Crippen LogP contribution in [0.5, 0.6) is 0 Å². The van der Waals surface area contributed by atoms with E-state index in [4.69, 9.17) is 0 Å². The van der Waals surface area contributed by atoms with Gasteiger partial charge < -0.3 is 24.8 Å². The van der Waals surface area contributed by atoms with E-state index in [9.17, 15) is 0 Å². The van der Waals surface area contributed by atoms with Crippen molar-refractivity contribution in [2.75, 3.05) is 0 Å². The van der Waals surface area contributed by atoms with Crippen LogP contribution in [-0.4, -0.2) is 5.43 Å². The molecule has 0 spiro atoms. The molecule has 0 unspecified atom stereocenters. The van der Waals surface area contributed by atoms with E-state index in [1.165, 1.54) is 99.4 Å². The molecule has 0 N–H and O–H groups in total. The predicted molar refractivity (Wildman–Crippen MR) is 311 cm³/mol. The van der Waals surface area contributed by atoms with Crippen LogP contribution >= 0.6 is 0 Å². The van der Waals surface area contributed by atoms with Crippen LogP contribution in [0.3, 0.4) is 0 Å². The topological polar surface area (TPSA) is 0 Å². The molecule has 0 aliphatic carbocycles. The minimum atomic E-state index is 0. The Kier molecular flexibility index (Phi) is 19.4. The standard InChI is InChI=1S/2C33H39.C2H6Si.2ClH.Zr/c2*1-31(2,3)24-14-10-22(11-15-24)27-18-19-28(23-12-16-25(17-13-23)32(4,5)6)30-21-26(20-29(27)30)33(7,8)9;1-3-2;;;/h2*10-21H,1-9H3;1-2H3;2*1H;/q2*-1;;;;+2/p-2. The fourth-order valence-corrected chi connectivity index (χ4v) is 9.07. The largest absolute Gasteiger partial charge is 1.00 e. The molecule has 0 radical (unpaired) electrons. The summed E-state index contributed by atoms with van der Waals surface area (Å²) < 4.78 is 0. The smallest absolute Gasteiger partial charge is 1.00 e. The van der Waals surface area contributed by atoms with Gasteiger partial charge in [0.15, 0.2) is 0 Å². The first-order chi connectivity index (χ1) is 32.2. The van der Waals surface area contributed by atoms with Gasteiger partial charge in [0.05, 0.1) is 0 Å². The minimum absolute atomic E-state index is 0. The van der Waals surface area contributed by atoms with Gasteiger partial charge in [0.2, 0.25) is 0 Å². The normalized spacial score (nSPS) is 12.3. The van der Waals surface area contributed by atoms with E-state index in [1.807, 2.05) is 0 Å². The zero-order valence-electron chi connectivity index (χ0n) is 47.6. The summed E-state index contributed by atoms with van der Waals surface area (Å²) >= 11 is 1.74. The second-order valence-corrected chi connectivity index (χ2v) is 35.6. The van der Waals surface area contributed by atoms with Crippen molar-refractivity contribution in [3.63, 3.8) is 0 Å². The summed E-state index contributed by atoms with van der Waals surface area (Å²) in [5.41, 5.74) is 19.8. The van der Waals surface area contributed by atoms with E-state index in [2.05, 4.69) is 283 Å². The molecule has 0 saturated heterocycles. The molecule has 0 aliphatic heterocycles. The van der Waals surface area contributed by atoms with Crippen molar-refractivity contribution in [2.45, 2.75) is 170 Å². The van der Waals surface area contributed by atoms with Crippen LogP contribution in [-0.2, 0) is 55.8 Å². The predicted octanol–water partition coefficient (Wildman–Crippen LogP) is 14.4. The van der Waals surface area contributed by atoms with Crippen LogP contribution in [0.25, 0.3) is 66.1 Å². The maximum Gasteiger partial charge on any atom is -1.00 e. The molecule has 72 heavy (non-hydrogen) atoms. The second-order valence-electron chi connectivity index (χ2n) is 26.3. The fourth-order valence-electron chi connectivity index (χ4n) is 9.07. The van der Waals surface area contributed by atoms with Crippen molar-refractivity contribution in [2.24, 2.45) is 0 Å². The Hall–Kier alpha value is -3.78. The van der Waals surface area contributed by atoms with E-state index in [1.54, 1.807) is 23.3 Å². The van der Waals surface area contributed by atoms with Crippen LogP contribution < -0.4 is 24.8 Å². The number of hydrogen-bond donors (Lipinski definition) is 0. The average molecular weight is 1090 g/mol. The third-order valence-electron chi connectivity index (χ3n) is 13.8. The summed E-state index contributed by atoms with van der Waals surface area (Å²) in [6.45, 7) is 45.7. The summed E-state index contributed by atoms with van der Waals surface area (Å²) in [6.07, 6.45) is 0. The molecule has 0 atom stereocenters. The molecular formula is C68H84Cl2SiZr-2. The van der Waals surface area contributed by atoms with Crippen LogP contribution in [0.4, 0.5) is 0 Å². The molecule has 0 bridgehead atoms. The van der Waals surface area contributed by atoms with Gasteiger partial charge in [0.1, 0.15) is 0 Å². The quantitative estimate of drug-likeness (QED) is 0.122. The second kappa shape index (κ2) is 23.0. The van der Waals surface area contributed by atoms with Crippen molar-refractivity contribution in [3.05, 3.63) is 179 Å². The summed E-state index contributed by atoms with van der Waals surface area (Å²) in [4.78, 5) is 0. The molecule has 0 fully saturated rings. The molecule has 0 aliphatic rings. The van der Waals surface area contributed by atoms with Crippen molar-refractivity contribution >= 4 is 27.0 Å². The van der Waals surface area contributed by atoms with Gasteiger partial charge >= 0.3 is 41.9 Å². The number of benzene rings is 6. The first-order valence-electron chi connectivity index (χ1n) is 25.7. The van der Waals surface area contributed by atoms with E-state index in [-0.39, 0.29) is 62.7 Å². The number of halogens is 2. The van der Waals surface area contributed by atoms with E-state index < -0.39 is 0 Å². The fraction of sp³-hybridized carbons (Fsp3) is 0.382. The maximum atomic E-state index is 2.41. The van der Waals surface area contributed by atoms with E-state index >= 15 is 0 Å². The van der Waals surface area contributed by atoms with Crippen molar-refractivity contribution in [1.82, 2.24) is 0 Å². The summed E-state index contributed by atoms with van der Waals surface area (Å²) in [5.74, 6) is 0. The van der Waals surface area contributed by atoms with Gasteiger partial charge in [0.25, 0.3) is 0 Å². The van der Waals surface area contributed by atoms with Crippen molar-refractivity contribution < 1.29 is 48.1 Å². The monoisotopic (exact) mass is 1090 g/mol. The van der Waals surface area contributed by atoms with Crippen LogP contribution in [0, 0.1) is 0 Å². The Morgan fingerprint density at radius 3 is 0.694 bits per heavy atom. The molecular weight excluding hydrogens is 1010 g/mol. The third kappa shape index (κ3) is 14.7. The molecule has 8 aromatic carbocycles. The minimum Gasteiger partial charge on any atom is -1.00 e. The van der Waals surface area contributed by atoms with E-state index in [0.29, 0.717) is 0 Å². The van der Waals surface area contributed by atoms with Crippen molar-refractivity contribution in [1.29, 1.82) is 0 Å². The molecule has 0 amide bonds. The molecule has 380 valence electrons. The summed E-state index contributed by atoms with van der Waals surface area (Å²) in [5, 5.41) is 5.39. The van der Waals surface area contributed by atoms with E-state index in [0.717, 1.165) is 0 Å². The first kappa shape index (κ1) is 60.8. The Morgan fingerprint density at radius 2 is 0.500 bits per heavy atom. The van der Waals surface area contributed by atoms with Gasteiger partial charge in [-0.15, -0.1) is 44.8 Å². The maximum absolute atomic E-state index is 2.41. The SMILES string of the molecule is CC(C)(C)c1ccc(-c2ccc(-c3ccc(C(C)(C)C)cc3)c3[cH-]c(C(C)(C)C)cc23)cc1.CC(C)(C)c1ccc(-c2ccc(-c3ccc(C(C)(C)C)cc3)c3[cH-]c(C(C)(C)C)cc23)cc1.C[Si](C)=[Zr+2].[Cl-].[Cl-]. The molecule has 8 aromatic rings. The Bertz CT molecular complexity index is 2660. The van der Waals surface area contributed by atoms with Crippen LogP contribution in [0.15, 0.2) is 146 Å². The van der Waals surface area contributed by atoms with Gasteiger partial charge in [-0.05, 0) is 65.9 Å². The Morgan fingerprint density at radius 1 is 0.306 bits per heavy atom. The molecule has 0 aromatic heterocycles. The summed E-state index contributed by atoms with van der Waals surface area (Å²) in [6, 6.07) is 55.5. The number of fused-ring (bicyclic) bond motifs is 2. The Balaban J connectivity index is 0.000000284. The van der Waals surface area contributed by atoms with Gasteiger partial charge in [-0.25, -0.2) is 0 Å². The van der Waals surface area contributed by atoms with Crippen LogP contribution in [0.1, 0.15) is 158 Å². The van der Waals surface area contributed by atoms with Gasteiger partial charge in [-0.3, -0.25) is 0 Å². The molecule has 8 rings (SSSR count). The molecule has 0 heterocycles. The first-order valence-corrected chi connectivity index (χ1v) is 31.9. The zero-order valence-corrected chi connectivity index (χ0v) is 52.6. The van der Waals surface area contributed by atoms with Gasteiger partial charge in [-0.2, -0.15) is 12.1 Å². The zero-order chi connectivity index (χ0) is 51.9. The van der Waals surface area contributed by atoms with Gasteiger partial charge in [0, 0.05) is 0 Å². The average Bonchev–Trinajstić information content (AvgIpc) is 3.92. The molecule has 4 heteroatoms. The van der Waals surface area contributed by atoms with Crippen molar-refractivity contribution in [3.8, 4) is 44.5 Å². The molecule has 0 saturated carbocycles. The third-order valence-corrected chi connectivity index (χ3v) is 13.8. The number of hydrogen-bond acceptors (Lipinski definition) is 0. The number of rotatable bonds is 4. The van der Waals surface area contributed by atoms with Gasteiger partial charge in [-0.1, -0.05) is 279 Å². The van der Waals surface area contributed by atoms with Crippen LogP contribution in [0.2, 0.25) is 13.1 Å². The summed E-state index contributed by atoms with van der Waals surface area (Å²) in [7, 11) is 0. The Labute approximate surface area is 465 Å². The molecule has 0 nitrogen and oxygen atoms in total.